The monoisotopic (exact) mass is 451 g/mol. The van der Waals surface area contributed by atoms with Crippen molar-refractivity contribution in [2.75, 3.05) is 11.9 Å². The number of amides is 2. The number of piperidine rings is 1. The molecule has 1 aliphatic heterocycles. The third-order valence-electron chi connectivity index (χ3n) is 5.73. The second-order valence-electron chi connectivity index (χ2n) is 7.97. The minimum atomic E-state index is -0.584. The molecule has 1 N–H and O–H groups in total. The predicted molar refractivity (Wildman–Crippen MR) is 121 cm³/mol. The summed E-state index contributed by atoms with van der Waals surface area (Å²) in [5.74, 6) is 0.110. The van der Waals surface area contributed by atoms with Crippen LogP contribution in [0.4, 0.5) is 10.1 Å². The van der Waals surface area contributed by atoms with Crippen molar-refractivity contribution in [2.45, 2.75) is 45.6 Å². The van der Waals surface area contributed by atoms with Crippen LogP contribution in [0.1, 0.15) is 48.0 Å². The predicted octanol–water partition coefficient (Wildman–Crippen LogP) is 5.11. The smallest absolute Gasteiger partial charge is 0.260 e. The number of hydrogen-bond donors (Lipinski definition) is 1. The number of rotatable bonds is 6. The molecular formula is C25H26FN3O4. The fraction of sp³-hybridized carbons (Fsp3) is 0.320. The minimum absolute atomic E-state index is 0.126. The third-order valence-corrected chi connectivity index (χ3v) is 5.73. The van der Waals surface area contributed by atoms with Gasteiger partial charge in [0.25, 0.3) is 5.91 Å². The molecule has 4 rings (SSSR count). The first-order valence-corrected chi connectivity index (χ1v) is 11.1. The van der Waals surface area contributed by atoms with Gasteiger partial charge in [-0.3, -0.25) is 9.59 Å². The first-order chi connectivity index (χ1) is 16.0. The molecule has 2 heterocycles. The van der Waals surface area contributed by atoms with Gasteiger partial charge in [0, 0.05) is 12.2 Å². The Morgan fingerprint density at radius 1 is 1.18 bits per heavy atom. The minimum Gasteiger partial charge on any atom is -0.454 e. The van der Waals surface area contributed by atoms with E-state index in [9.17, 15) is 14.0 Å². The number of ether oxygens (including phenoxy) is 1. The Morgan fingerprint density at radius 2 is 1.94 bits per heavy atom. The summed E-state index contributed by atoms with van der Waals surface area (Å²) in [6.07, 6.45) is 2.85. The topological polar surface area (TPSA) is 84.7 Å². The molecule has 1 atom stereocenters. The molecule has 1 fully saturated rings. The lowest BCUT2D eigenvalue weighted by Crippen LogP contribution is -2.50. The molecule has 7 nitrogen and oxygen atoms in total. The third kappa shape index (κ3) is 4.89. The van der Waals surface area contributed by atoms with E-state index < -0.39 is 11.9 Å². The standard InChI is InChI=1S/C25H26FN3O4/c1-3-20-23(16(2)33-28-20)25(31)29-15-7-6-9-21(29)24(30)27-17-11-13-18(14-12-17)32-22-10-5-4-8-19(22)26/h4-5,8,10-14,21H,3,6-7,9,15H2,1-2H3,(H,27,30)/t21-/m1/s1. The fourth-order valence-corrected chi connectivity index (χ4v) is 4.01. The van der Waals surface area contributed by atoms with Gasteiger partial charge in [-0.1, -0.05) is 24.2 Å². The van der Waals surface area contributed by atoms with Gasteiger partial charge in [0.2, 0.25) is 5.91 Å². The molecule has 1 saturated heterocycles. The van der Waals surface area contributed by atoms with Gasteiger partial charge >= 0.3 is 0 Å². The second-order valence-corrected chi connectivity index (χ2v) is 7.97. The van der Waals surface area contributed by atoms with Crippen LogP contribution in [0.15, 0.2) is 53.1 Å². The average molecular weight is 451 g/mol. The van der Waals surface area contributed by atoms with Gasteiger partial charge in [0.05, 0.1) is 5.69 Å². The van der Waals surface area contributed by atoms with E-state index in [0.717, 1.165) is 12.8 Å². The van der Waals surface area contributed by atoms with E-state index in [-0.39, 0.29) is 17.6 Å². The van der Waals surface area contributed by atoms with Gasteiger partial charge in [-0.25, -0.2) is 4.39 Å². The van der Waals surface area contributed by atoms with E-state index in [1.54, 1.807) is 54.3 Å². The number of carbonyl (C=O) groups is 2. The number of halogens is 1. The molecule has 8 heteroatoms. The Labute approximate surface area is 191 Å². The summed E-state index contributed by atoms with van der Waals surface area (Å²) in [6.45, 7) is 4.12. The summed E-state index contributed by atoms with van der Waals surface area (Å²) in [6, 6.07) is 12.2. The maximum Gasteiger partial charge on any atom is 0.260 e. The largest absolute Gasteiger partial charge is 0.454 e. The number of benzene rings is 2. The van der Waals surface area contributed by atoms with Gasteiger partial charge in [-0.05, 0) is 69.0 Å². The van der Waals surface area contributed by atoms with E-state index >= 15 is 0 Å². The van der Waals surface area contributed by atoms with Crippen molar-refractivity contribution in [2.24, 2.45) is 0 Å². The maximum atomic E-state index is 13.8. The van der Waals surface area contributed by atoms with Crippen molar-refractivity contribution in [3.8, 4) is 11.5 Å². The zero-order valence-corrected chi connectivity index (χ0v) is 18.6. The Morgan fingerprint density at radius 3 is 2.67 bits per heavy atom. The molecule has 0 unspecified atom stereocenters. The molecule has 0 saturated carbocycles. The van der Waals surface area contributed by atoms with Gasteiger partial charge in [0.15, 0.2) is 11.6 Å². The van der Waals surface area contributed by atoms with E-state index in [1.807, 2.05) is 6.92 Å². The first-order valence-electron chi connectivity index (χ1n) is 11.1. The average Bonchev–Trinajstić information content (AvgIpc) is 3.21. The first kappa shape index (κ1) is 22.5. The van der Waals surface area contributed by atoms with Crippen LogP contribution < -0.4 is 10.1 Å². The molecule has 0 bridgehead atoms. The van der Waals surface area contributed by atoms with Crippen LogP contribution in [0.5, 0.6) is 11.5 Å². The van der Waals surface area contributed by atoms with Crippen molar-refractivity contribution < 1.29 is 23.2 Å². The zero-order chi connectivity index (χ0) is 23.4. The van der Waals surface area contributed by atoms with Gasteiger partial charge in [-0.2, -0.15) is 0 Å². The van der Waals surface area contributed by atoms with Crippen molar-refractivity contribution in [3.63, 3.8) is 0 Å². The number of likely N-dealkylation sites (tertiary alicyclic amines) is 1. The maximum absolute atomic E-state index is 13.8. The molecule has 0 radical (unpaired) electrons. The van der Waals surface area contributed by atoms with Gasteiger partial charge in [-0.15, -0.1) is 0 Å². The van der Waals surface area contributed by atoms with Crippen LogP contribution in [0, 0.1) is 12.7 Å². The molecule has 0 aliphatic carbocycles. The SMILES string of the molecule is CCc1noc(C)c1C(=O)N1CCCC[C@@H]1C(=O)Nc1ccc(Oc2ccccc2F)cc1. The van der Waals surface area contributed by atoms with Gasteiger partial charge < -0.3 is 19.5 Å². The van der Waals surface area contributed by atoms with Crippen LogP contribution >= 0.6 is 0 Å². The normalized spacial score (nSPS) is 15.8. The van der Waals surface area contributed by atoms with Crippen molar-refractivity contribution in [1.82, 2.24) is 10.1 Å². The Balaban J connectivity index is 1.45. The van der Waals surface area contributed by atoms with E-state index in [2.05, 4.69) is 10.5 Å². The van der Waals surface area contributed by atoms with Gasteiger partial charge in [0.1, 0.15) is 23.1 Å². The lowest BCUT2D eigenvalue weighted by atomic mass is 9.99. The Bertz CT molecular complexity index is 1140. The summed E-state index contributed by atoms with van der Waals surface area (Å²) in [4.78, 5) is 28.0. The van der Waals surface area contributed by atoms with Crippen LogP contribution in [0.2, 0.25) is 0 Å². The number of hydrogen-bond acceptors (Lipinski definition) is 5. The molecule has 2 aromatic carbocycles. The molecule has 33 heavy (non-hydrogen) atoms. The summed E-state index contributed by atoms with van der Waals surface area (Å²) in [5, 5.41) is 6.86. The van der Waals surface area contributed by atoms with E-state index in [4.69, 9.17) is 9.26 Å². The zero-order valence-electron chi connectivity index (χ0n) is 18.6. The fourth-order valence-electron chi connectivity index (χ4n) is 4.01. The highest BCUT2D eigenvalue weighted by Gasteiger charge is 2.35. The Kier molecular flexibility index (Phi) is 6.72. The molecule has 2 amide bonds. The van der Waals surface area contributed by atoms with Crippen LogP contribution in [0.25, 0.3) is 0 Å². The number of anilines is 1. The van der Waals surface area contributed by atoms with Crippen LogP contribution in [-0.2, 0) is 11.2 Å². The lowest BCUT2D eigenvalue weighted by molar-refractivity contribution is -0.121. The van der Waals surface area contributed by atoms with E-state index in [1.165, 1.54) is 6.07 Å². The summed E-state index contributed by atoms with van der Waals surface area (Å²) in [7, 11) is 0. The number of carbonyl (C=O) groups excluding carboxylic acids is 2. The highest BCUT2D eigenvalue weighted by atomic mass is 19.1. The highest BCUT2D eigenvalue weighted by molar-refractivity contribution is 6.02. The Hall–Kier alpha value is -3.68. The van der Waals surface area contributed by atoms with E-state index in [0.29, 0.717) is 47.8 Å². The number of nitrogens with zero attached hydrogens (tertiary/aromatic N) is 2. The molecule has 3 aromatic rings. The summed E-state index contributed by atoms with van der Waals surface area (Å²) in [5.41, 5.74) is 1.62. The highest BCUT2D eigenvalue weighted by Crippen LogP contribution is 2.27. The molecule has 1 aliphatic rings. The summed E-state index contributed by atoms with van der Waals surface area (Å²) < 4.78 is 24.6. The number of nitrogens with one attached hydrogen (secondary N) is 1. The molecule has 0 spiro atoms. The number of para-hydroxylation sites is 1. The van der Waals surface area contributed by atoms with Crippen LogP contribution in [-0.4, -0.2) is 34.5 Å². The number of aromatic nitrogens is 1. The second kappa shape index (κ2) is 9.85. The number of aryl methyl sites for hydroxylation is 2. The van der Waals surface area contributed by atoms with Crippen molar-refractivity contribution in [1.29, 1.82) is 0 Å². The van der Waals surface area contributed by atoms with Crippen molar-refractivity contribution >= 4 is 17.5 Å². The molecule has 172 valence electrons. The van der Waals surface area contributed by atoms with Crippen molar-refractivity contribution in [3.05, 3.63) is 71.4 Å². The quantitative estimate of drug-likeness (QED) is 0.563. The molecule has 1 aromatic heterocycles. The molecular weight excluding hydrogens is 425 g/mol. The van der Waals surface area contributed by atoms with Crippen LogP contribution in [0.3, 0.4) is 0 Å². The summed E-state index contributed by atoms with van der Waals surface area (Å²) >= 11 is 0. The lowest BCUT2D eigenvalue weighted by Gasteiger charge is -2.34.